The number of hydrogen-bond acceptors (Lipinski definition) is 1. The number of hydrogen-bond donors (Lipinski definition) is 1. The van der Waals surface area contributed by atoms with Gasteiger partial charge in [0.15, 0.2) is 0 Å². The van der Waals surface area contributed by atoms with Crippen LogP contribution in [0.2, 0.25) is 0 Å². The molecule has 1 fully saturated rings. The topological polar surface area (TPSA) is 12.0 Å². The Morgan fingerprint density at radius 1 is 1.30 bits per heavy atom. The highest BCUT2D eigenvalue weighted by Gasteiger charge is 2.41. The molecular formula is C15H19BrF3N. The van der Waals surface area contributed by atoms with Gasteiger partial charge >= 0.3 is 6.18 Å². The number of halogens is 4. The fourth-order valence-corrected chi connectivity index (χ4v) is 3.11. The molecule has 1 aromatic rings. The molecule has 0 spiro atoms. The quantitative estimate of drug-likeness (QED) is 0.812. The normalized spacial score (nSPS) is 23.9. The van der Waals surface area contributed by atoms with Crippen molar-refractivity contribution in [3.8, 4) is 0 Å². The average molecular weight is 350 g/mol. The molecule has 112 valence electrons. The van der Waals surface area contributed by atoms with Crippen LogP contribution in [0, 0.1) is 12.8 Å². The number of aryl methyl sites for hydroxylation is 1. The fourth-order valence-electron chi connectivity index (χ4n) is 2.68. The summed E-state index contributed by atoms with van der Waals surface area (Å²) >= 11 is 3.47. The van der Waals surface area contributed by atoms with Gasteiger partial charge in [-0.25, -0.2) is 0 Å². The molecule has 5 heteroatoms. The minimum absolute atomic E-state index is 0.0320. The zero-order chi connectivity index (χ0) is 14.8. The first-order valence-electron chi connectivity index (χ1n) is 6.91. The lowest BCUT2D eigenvalue weighted by atomic mass is 9.85. The molecule has 0 aromatic heterocycles. The van der Waals surface area contributed by atoms with Crippen LogP contribution in [0.5, 0.6) is 0 Å². The average Bonchev–Trinajstić information content (AvgIpc) is 2.39. The summed E-state index contributed by atoms with van der Waals surface area (Å²) in [5.41, 5.74) is 2.25. The number of benzene rings is 1. The third-order valence-corrected chi connectivity index (χ3v) is 4.82. The lowest BCUT2D eigenvalue weighted by molar-refractivity contribution is -0.183. The van der Waals surface area contributed by atoms with Gasteiger partial charge in [0.1, 0.15) is 0 Å². The van der Waals surface area contributed by atoms with Gasteiger partial charge in [-0.15, -0.1) is 0 Å². The van der Waals surface area contributed by atoms with Crippen molar-refractivity contribution in [1.29, 1.82) is 0 Å². The molecule has 0 aliphatic heterocycles. The molecule has 2 rings (SSSR count). The van der Waals surface area contributed by atoms with E-state index in [0.717, 1.165) is 22.0 Å². The summed E-state index contributed by atoms with van der Waals surface area (Å²) < 4.78 is 39.3. The maximum atomic E-state index is 12.7. The second-order valence-electron chi connectivity index (χ2n) is 5.57. The Balaban J connectivity index is 1.88. The monoisotopic (exact) mass is 349 g/mol. The molecule has 1 aromatic carbocycles. The van der Waals surface area contributed by atoms with Crippen molar-refractivity contribution in [2.24, 2.45) is 5.92 Å². The lowest BCUT2D eigenvalue weighted by Gasteiger charge is -2.31. The highest BCUT2D eigenvalue weighted by atomic mass is 79.9. The summed E-state index contributed by atoms with van der Waals surface area (Å²) in [6.07, 6.45) is -2.08. The molecule has 1 saturated carbocycles. The Hall–Kier alpha value is -0.550. The first-order chi connectivity index (χ1) is 9.36. The summed E-state index contributed by atoms with van der Waals surface area (Å²) in [7, 11) is 0. The van der Waals surface area contributed by atoms with Crippen molar-refractivity contribution in [2.45, 2.75) is 51.4 Å². The first-order valence-corrected chi connectivity index (χ1v) is 7.70. The zero-order valence-corrected chi connectivity index (χ0v) is 13.0. The Bertz CT molecular complexity index is 459. The highest BCUT2D eigenvalue weighted by molar-refractivity contribution is 9.10. The Kier molecular flexibility index (Phi) is 5.13. The molecule has 0 amide bonds. The molecule has 20 heavy (non-hydrogen) atoms. The fraction of sp³-hybridized carbons (Fsp3) is 0.600. The molecule has 0 saturated heterocycles. The maximum absolute atomic E-state index is 12.7. The highest BCUT2D eigenvalue weighted by Crippen LogP contribution is 2.37. The van der Waals surface area contributed by atoms with E-state index in [0.29, 0.717) is 13.0 Å². The van der Waals surface area contributed by atoms with Gasteiger partial charge in [-0.3, -0.25) is 0 Å². The van der Waals surface area contributed by atoms with Gasteiger partial charge in [0.2, 0.25) is 0 Å². The minimum atomic E-state index is -4.05. The van der Waals surface area contributed by atoms with Crippen molar-refractivity contribution in [2.75, 3.05) is 0 Å². The van der Waals surface area contributed by atoms with Crippen molar-refractivity contribution >= 4 is 15.9 Å². The predicted octanol–water partition coefficient (Wildman–Crippen LogP) is 4.97. The van der Waals surface area contributed by atoms with Gasteiger partial charge in [-0.1, -0.05) is 34.5 Å². The maximum Gasteiger partial charge on any atom is 0.391 e. The summed E-state index contributed by atoms with van der Waals surface area (Å²) in [4.78, 5) is 0. The third kappa shape index (κ3) is 4.22. The van der Waals surface area contributed by atoms with Gasteiger partial charge in [0, 0.05) is 17.1 Å². The molecule has 1 N–H and O–H groups in total. The summed E-state index contributed by atoms with van der Waals surface area (Å²) in [6, 6.07) is 6.01. The number of rotatable bonds is 3. The van der Waals surface area contributed by atoms with E-state index in [1.807, 2.05) is 25.1 Å². The molecule has 1 aliphatic rings. The largest absolute Gasteiger partial charge is 0.391 e. The van der Waals surface area contributed by atoms with E-state index in [2.05, 4.69) is 21.2 Å². The van der Waals surface area contributed by atoms with Gasteiger partial charge in [0.25, 0.3) is 0 Å². The smallest absolute Gasteiger partial charge is 0.310 e. The van der Waals surface area contributed by atoms with Crippen LogP contribution in [0.3, 0.4) is 0 Å². The second-order valence-corrected chi connectivity index (χ2v) is 6.42. The van der Waals surface area contributed by atoms with Crippen LogP contribution in [0.15, 0.2) is 22.7 Å². The zero-order valence-electron chi connectivity index (χ0n) is 11.4. The van der Waals surface area contributed by atoms with E-state index in [9.17, 15) is 13.2 Å². The number of nitrogens with one attached hydrogen (secondary N) is 1. The Morgan fingerprint density at radius 2 is 2.05 bits per heavy atom. The summed E-state index contributed by atoms with van der Waals surface area (Å²) in [6.45, 7) is 2.63. The van der Waals surface area contributed by atoms with Crippen LogP contribution in [0.1, 0.15) is 36.8 Å². The van der Waals surface area contributed by atoms with Crippen molar-refractivity contribution < 1.29 is 13.2 Å². The third-order valence-electron chi connectivity index (χ3n) is 3.97. The van der Waals surface area contributed by atoms with E-state index < -0.39 is 12.1 Å². The van der Waals surface area contributed by atoms with Gasteiger partial charge in [0.05, 0.1) is 5.92 Å². The minimum Gasteiger partial charge on any atom is -0.310 e. The molecule has 1 nitrogen and oxygen atoms in total. The van der Waals surface area contributed by atoms with Crippen LogP contribution >= 0.6 is 15.9 Å². The van der Waals surface area contributed by atoms with Crippen LogP contribution in [0.25, 0.3) is 0 Å². The standard InChI is InChI=1S/C15H19BrF3N/c1-10-5-6-11(7-14(10)16)9-20-13-4-2-3-12(8-13)15(17,18)19/h5-7,12-13,20H,2-4,8-9H2,1H3. The van der Waals surface area contributed by atoms with Gasteiger partial charge in [-0.2, -0.15) is 13.2 Å². The SMILES string of the molecule is Cc1ccc(CNC2CCCC(C(F)(F)F)C2)cc1Br. The molecule has 0 radical (unpaired) electrons. The van der Waals surface area contributed by atoms with Crippen molar-refractivity contribution in [1.82, 2.24) is 5.32 Å². The molecule has 2 atom stereocenters. The van der Waals surface area contributed by atoms with E-state index in [1.54, 1.807) is 0 Å². The van der Waals surface area contributed by atoms with Crippen molar-refractivity contribution in [3.63, 3.8) is 0 Å². The van der Waals surface area contributed by atoms with E-state index in [1.165, 1.54) is 0 Å². The molecule has 0 bridgehead atoms. The van der Waals surface area contributed by atoms with E-state index in [-0.39, 0.29) is 18.9 Å². The molecule has 1 aliphatic carbocycles. The lowest BCUT2D eigenvalue weighted by Crippen LogP contribution is -2.38. The second kappa shape index (κ2) is 6.48. The molecule has 0 heterocycles. The summed E-state index contributed by atoms with van der Waals surface area (Å²) in [5.74, 6) is -1.14. The molecule has 2 unspecified atom stereocenters. The predicted molar refractivity (Wildman–Crippen MR) is 77.5 cm³/mol. The van der Waals surface area contributed by atoms with Crippen LogP contribution in [0.4, 0.5) is 13.2 Å². The first kappa shape index (κ1) is 15.8. The van der Waals surface area contributed by atoms with Crippen LogP contribution in [-0.2, 0) is 6.54 Å². The van der Waals surface area contributed by atoms with Gasteiger partial charge < -0.3 is 5.32 Å². The Labute approximate surface area is 126 Å². The van der Waals surface area contributed by atoms with E-state index in [4.69, 9.17) is 0 Å². The van der Waals surface area contributed by atoms with Gasteiger partial charge in [-0.05, 0) is 43.4 Å². The molecular weight excluding hydrogens is 331 g/mol. The van der Waals surface area contributed by atoms with Crippen LogP contribution < -0.4 is 5.32 Å². The Morgan fingerprint density at radius 3 is 2.70 bits per heavy atom. The summed E-state index contributed by atoms with van der Waals surface area (Å²) in [5, 5.41) is 3.27. The van der Waals surface area contributed by atoms with Crippen LogP contribution in [-0.4, -0.2) is 12.2 Å². The van der Waals surface area contributed by atoms with E-state index >= 15 is 0 Å². The van der Waals surface area contributed by atoms with Crippen molar-refractivity contribution in [3.05, 3.63) is 33.8 Å². The number of alkyl halides is 3.